The Morgan fingerprint density at radius 1 is 1.33 bits per heavy atom. The van der Waals surface area contributed by atoms with Gasteiger partial charge in [-0.2, -0.15) is 0 Å². The lowest BCUT2D eigenvalue weighted by molar-refractivity contribution is -0.145. The summed E-state index contributed by atoms with van der Waals surface area (Å²) in [4.78, 5) is 13.9. The van der Waals surface area contributed by atoms with Crippen LogP contribution in [-0.4, -0.2) is 40.6 Å². The predicted octanol–water partition coefficient (Wildman–Crippen LogP) is 1.83. The van der Waals surface area contributed by atoms with Crippen molar-refractivity contribution < 1.29 is 9.90 Å². The van der Waals surface area contributed by atoms with Crippen LogP contribution in [0.2, 0.25) is 0 Å². The molecule has 1 saturated heterocycles. The summed E-state index contributed by atoms with van der Waals surface area (Å²) < 4.78 is 0. The van der Waals surface area contributed by atoms with Crippen molar-refractivity contribution in [1.82, 2.24) is 4.90 Å². The minimum Gasteiger partial charge on any atom is -0.480 e. The van der Waals surface area contributed by atoms with E-state index in [1.54, 1.807) is 0 Å². The monoisotopic (exact) mass is 254 g/mol. The number of likely N-dealkylation sites (tertiary alicyclic amines) is 1. The van der Waals surface area contributed by atoms with Crippen LogP contribution in [0.1, 0.15) is 51.9 Å². The molecule has 1 saturated carbocycles. The molecule has 4 nitrogen and oxygen atoms in total. The zero-order valence-electron chi connectivity index (χ0n) is 11.4. The van der Waals surface area contributed by atoms with Crippen LogP contribution in [0.5, 0.6) is 0 Å². The Bertz CT molecular complexity index is 304. The molecule has 2 unspecified atom stereocenters. The molecule has 0 aromatic carbocycles. The van der Waals surface area contributed by atoms with E-state index in [0.29, 0.717) is 12.6 Å². The number of hydrogen-bond donors (Lipinski definition) is 2. The molecule has 0 spiro atoms. The van der Waals surface area contributed by atoms with E-state index in [2.05, 4.69) is 11.8 Å². The van der Waals surface area contributed by atoms with E-state index in [9.17, 15) is 9.90 Å². The van der Waals surface area contributed by atoms with Gasteiger partial charge in [-0.25, -0.2) is 0 Å². The molecule has 0 aromatic heterocycles. The van der Waals surface area contributed by atoms with E-state index >= 15 is 0 Å². The first kappa shape index (κ1) is 13.8. The van der Waals surface area contributed by atoms with Gasteiger partial charge in [0, 0.05) is 12.6 Å². The molecule has 3 N–H and O–H groups in total. The number of rotatable bonds is 5. The van der Waals surface area contributed by atoms with Crippen LogP contribution in [0.4, 0.5) is 0 Å². The maximum atomic E-state index is 11.5. The summed E-state index contributed by atoms with van der Waals surface area (Å²) in [7, 11) is 0. The Balaban J connectivity index is 2.06. The van der Waals surface area contributed by atoms with Gasteiger partial charge in [-0.1, -0.05) is 19.8 Å². The highest BCUT2D eigenvalue weighted by Gasteiger charge is 2.49. The van der Waals surface area contributed by atoms with E-state index < -0.39 is 11.5 Å². The summed E-state index contributed by atoms with van der Waals surface area (Å²) in [5, 5.41) is 9.45. The van der Waals surface area contributed by atoms with Gasteiger partial charge in [0.2, 0.25) is 0 Å². The molecule has 0 bridgehead atoms. The average molecular weight is 254 g/mol. The molecule has 2 aliphatic rings. The Morgan fingerprint density at radius 2 is 2.06 bits per heavy atom. The van der Waals surface area contributed by atoms with E-state index in [1.807, 2.05) is 0 Å². The van der Waals surface area contributed by atoms with Crippen molar-refractivity contribution in [3.05, 3.63) is 0 Å². The summed E-state index contributed by atoms with van der Waals surface area (Å²) >= 11 is 0. The Labute approximate surface area is 110 Å². The van der Waals surface area contributed by atoms with Gasteiger partial charge in [-0.3, -0.25) is 9.69 Å². The zero-order chi connectivity index (χ0) is 13.2. The van der Waals surface area contributed by atoms with Crippen molar-refractivity contribution in [2.24, 2.45) is 11.7 Å². The number of aliphatic carboxylic acids is 1. The maximum absolute atomic E-state index is 11.5. The lowest BCUT2D eigenvalue weighted by Gasteiger charge is -2.36. The molecule has 0 amide bonds. The lowest BCUT2D eigenvalue weighted by atomic mass is 9.92. The molecule has 18 heavy (non-hydrogen) atoms. The fourth-order valence-electron chi connectivity index (χ4n) is 3.21. The summed E-state index contributed by atoms with van der Waals surface area (Å²) in [5.41, 5.74) is 5.19. The summed E-state index contributed by atoms with van der Waals surface area (Å²) in [5.74, 6) is -0.625. The normalized spacial score (nSPS) is 29.6. The molecule has 2 rings (SSSR count). The molecular formula is C14H26N2O2. The second kappa shape index (κ2) is 5.57. The van der Waals surface area contributed by atoms with E-state index in [0.717, 1.165) is 25.8 Å². The number of carboxylic acid groups (broad SMARTS) is 1. The van der Waals surface area contributed by atoms with Gasteiger partial charge in [0.15, 0.2) is 0 Å². The Morgan fingerprint density at radius 3 is 2.61 bits per heavy atom. The predicted molar refractivity (Wildman–Crippen MR) is 71.4 cm³/mol. The first-order chi connectivity index (χ1) is 8.58. The van der Waals surface area contributed by atoms with Gasteiger partial charge >= 0.3 is 5.97 Å². The Hall–Kier alpha value is -0.610. The van der Waals surface area contributed by atoms with Gasteiger partial charge in [-0.15, -0.1) is 0 Å². The molecule has 1 heterocycles. The standard InChI is InChI=1S/C14H26N2O2/c1-2-12-6-4-3-5-9-16(12)10-14(15,13(17)18)11-7-8-11/h11-12H,2-10,15H2,1H3,(H,17,18). The summed E-state index contributed by atoms with van der Waals surface area (Å²) in [6.07, 6.45) is 7.96. The highest BCUT2D eigenvalue weighted by Crippen LogP contribution is 2.39. The second-order valence-electron chi connectivity index (χ2n) is 6.00. The first-order valence-corrected chi connectivity index (χ1v) is 7.34. The van der Waals surface area contributed by atoms with Crippen LogP contribution in [0.3, 0.4) is 0 Å². The van der Waals surface area contributed by atoms with Crippen molar-refractivity contribution in [3.63, 3.8) is 0 Å². The van der Waals surface area contributed by atoms with E-state index in [4.69, 9.17) is 5.73 Å². The van der Waals surface area contributed by atoms with Gasteiger partial charge in [-0.05, 0) is 44.6 Å². The zero-order valence-corrected chi connectivity index (χ0v) is 11.4. The minimum atomic E-state index is -1.02. The first-order valence-electron chi connectivity index (χ1n) is 7.34. The van der Waals surface area contributed by atoms with E-state index in [1.165, 1.54) is 25.7 Å². The van der Waals surface area contributed by atoms with Gasteiger partial charge in [0.05, 0.1) is 0 Å². The molecule has 0 aromatic rings. The van der Waals surface area contributed by atoms with Crippen molar-refractivity contribution in [1.29, 1.82) is 0 Å². The third-order valence-electron chi connectivity index (χ3n) is 4.64. The van der Waals surface area contributed by atoms with Gasteiger partial charge < -0.3 is 10.8 Å². The maximum Gasteiger partial charge on any atom is 0.325 e. The van der Waals surface area contributed by atoms with E-state index in [-0.39, 0.29) is 5.92 Å². The topological polar surface area (TPSA) is 66.6 Å². The highest BCUT2D eigenvalue weighted by atomic mass is 16.4. The average Bonchev–Trinajstić information content (AvgIpc) is 3.16. The Kier molecular flexibility index (Phi) is 4.28. The molecular weight excluding hydrogens is 228 g/mol. The summed E-state index contributed by atoms with van der Waals surface area (Å²) in [6, 6.07) is 0.522. The molecule has 2 atom stereocenters. The van der Waals surface area contributed by atoms with Crippen LogP contribution in [0, 0.1) is 5.92 Å². The molecule has 0 radical (unpaired) electrons. The number of carbonyl (C=O) groups is 1. The quantitative estimate of drug-likeness (QED) is 0.785. The van der Waals surface area contributed by atoms with Crippen LogP contribution in [-0.2, 0) is 4.79 Å². The van der Waals surface area contributed by atoms with Crippen molar-refractivity contribution in [3.8, 4) is 0 Å². The highest BCUT2D eigenvalue weighted by molar-refractivity contribution is 5.79. The van der Waals surface area contributed by atoms with Crippen molar-refractivity contribution in [2.75, 3.05) is 13.1 Å². The fourth-order valence-corrected chi connectivity index (χ4v) is 3.21. The minimum absolute atomic E-state index is 0.191. The third kappa shape index (κ3) is 2.86. The third-order valence-corrected chi connectivity index (χ3v) is 4.64. The van der Waals surface area contributed by atoms with Gasteiger partial charge in [0.25, 0.3) is 0 Å². The number of carboxylic acids is 1. The van der Waals surface area contributed by atoms with Crippen LogP contribution >= 0.6 is 0 Å². The van der Waals surface area contributed by atoms with Crippen LogP contribution in [0.25, 0.3) is 0 Å². The van der Waals surface area contributed by atoms with Crippen molar-refractivity contribution in [2.45, 2.75) is 63.5 Å². The largest absolute Gasteiger partial charge is 0.480 e. The van der Waals surface area contributed by atoms with Crippen LogP contribution in [0.15, 0.2) is 0 Å². The lowest BCUT2D eigenvalue weighted by Crippen LogP contribution is -2.59. The van der Waals surface area contributed by atoms with Crippen LogP contribution < -0.4 is 5.73 Å². The SMILES string of the molecule is CCC1CCCCCN1CC(N)(C(=O)O)C1CC1. The molecule has 1 aliphatic heterocycles. The fraction of sp³-hybridized carbons (Fsp3) is 0.929. The molecule has 1 aliphatic carbocycles. The number of hydrogen-bond acceptors (Lipinski definition) is 3. The molecule has 2 fully saturated rings. The van der Waals surface area contributed by atoms with Gasteiger partial charge in [0.1, 0.15) is 5.54 Å². The molecule has 4 heteroatoms. The van der Waals surface area contributed by atoms with Crippen molar-refractivity contribution >= 4 is 5.97 Å². The summed E-state index contributed by atoms with van der Waals surface area (Å²) in [6.45, 7) is 3.74. The second-order valence-corrected chi connectivity index (χ2v) is 6.00. The molecule has 104 valence electrons. The smallest absolute Gasteiger partial charge is 0.325 e. The number of nitrogens with two attached hydrogens (primary N) is 1. The number of nitrogens with zero attached hydrogens (tertiary/aromatic N) is 1.